The highest BCUT2D eigenvalue weighted by atomic mass is 35.5. The third kappa shape index (κ3) is 2.90. The van der Waals surface area contributed by atoms with E-state index in [4.69, 9.17) is 16.9 Å². The number of nitrogens with zero attached hydrogens (tertiary/aromatic N) is 5. The summed E-state index contributed by atoms with van der Waals surface area (Å²) in [6.07, 6.45) is 0. The fraction of sp³-hybridized carbons (Fsp3) is 0.154. The van der Waals surface area contributed by atoms with Gasteiger partial charge in [-0.3, -0.25) is 10.1 Å². The Morgan fingerprint density at radius 3 is 2.48 bits per heavy atom. The molecule has 0 spiro atoms. The fourth-order valence-electron chi connectivity index (χ4n) is 1.85. The number of nitro groups is 1. The summed E-state index contributed by atoms with van der Waals surface area (Å²) in [5.74, 6) is 0.0993. The van der Waals surface area contributed by atoms with Gasteiger partial charge in [0.25, 0.3) is 0 Å². The van der Waals surface area contributed by atoms with E-state index in [1.54, 1.807) is 31.3 Å². The minimum atomic E-state index is -0.541. The van der Waals surface area contributed by atoms with Crippen molar-refractivity contribution in [3.05, 3.63) is 50.9 Å². The molecule has 0 fully saturated rings. The van der Waals surface area contributed by atoms with E-state index < -0.39 is 4.92 Å². The zero-order chi connectivity index (χ0) is 15.6. The van der Waals surface area contributed by atoms with Gasteiger partial charge in [0.1, 0.15) is 5.69 Å². The first-order valence-electron chi connectivity index (χ1n) is 5.86. The molecule has 0 saturated heterocycles. The van der Waals surface area contributed by atoms with Gasteiger partial charge in [-0.25, -0.2) is 4.98 Å². The van der Waals surface area contributed by atoms with Gasteiger partial charge in [-0.2, -0.15) is 10.2 Å². The van der Waals surface area contributed by atoms with Crippen LogP contribution in [-0.2, 0) is 0 Å². The Morgan fingerprint density at radius 1 is 1.33 bits per heavy atom. The van der Waals surface area contributed by atoms with Crippen LogP contribution in [0.1, 0.15) is 11.3 Å². The maximum Gasteiger partial charge on any atom is 0.333 e. The summed E-state index contributed by atoms with van der Waals surface area (Å²) in [6, 6.07) is 8.59. The Bertz CT molecular complexity index is 739. The zero-order valence-electron chi connectivity index (χ0n) is 11.2. The number of halogens is 1. The molecule has 1 heterocycles. The lowest BCUT2D eigenvalue weighted by molar-refractivity contribution is -0.385. The van der Waals surface area contributed by atoms with Crippen LogP contribution in [0, 0.1) is 28.4 Å². The molecule has 0 amide bonds. The van der Waals surface area contributed by atoms with Gasteiger partial charge in [-0.15, -0.1) is 0 Å². The number of aromatic nitrogens is 2. The van der Waals surface area contributed by atoms with E-state index in [-0.39, 0.29) is 22.5 Å². The van der Waals surface area contributed by atoms with E-state index >= 15 is 0 Å². The first-order chi connectivity index (χ1) is 9.93. The van der Waals surface area contributed by atoms with E-state index in [9.17, 15) is 10.1 Å². The van der Waals surface area contributed by atoms with Gasteiger partial charge in [0.2, 0.25) is 11.1 Å². The van der Waals surface area contributed by atoms with Crippen LogP contribution >= 0.6 is 11.6 Å². The second-order valence-corrected chi connectivity index (χ2v) is 4.56. The Morgan fingerprint density at radius 2 is 1.95 bits per heavy atom. The lowest BCUT2D eigenvalue weighted by atomic mass is 10.2. The molecule has 21 heavy (non-hydrogen) atoms. The highest BCUT2D eigenvalue weighted by molar-refractivity contribution is 6.28. The van der Waals surface area contributed by atoms with Gasteiger partial charge >= 0.3 is 5.69 Å². The lowest BCUT2D eigenvalue weighted by Gasteiger charge is -2.18. The second kappa shape index (κ2) is 5.73. The van der Waals surface area contributed by atoms with Crippen molar-refractivity contribution in [1.29, 1.82) is 5.26 Å². The summed E-state index contributed by atoms with van der Waals surface area (Å²) in [7, 11) is 1.63. The monoisotopic (exact) mass is 303 g/mol. The van der Waals surface area contributed by atoms with Crippen molar-refractivity contribution < 1.29 is 4.92 Å². The molecular formula is C13H10ClN5O2. The van der Waals surface area contributed by atoms with Gasteiger partial charge in [0.15, 0.2) is 0 Å². The van der Waals surface area contributed by atoms with Crippen molar-refractivity contribution in [3.8, 4) is 6.07 Å². The van der Waals surface area contributed by atoms with Crippen molar-refractivity contribution in [2.24, 2.45) is 0 Å². The quantitative estimate of drug-likeness (QED) is 0.491. The smallest absolute Gasteiger partial charge is 0.324 e. The van der Waals surface area contributed by atoms with Crippen LogP contribution in [0.25, 0.3) is 0 Å². The number of benzene rings is 1. The van der Waals surface area contributed by atoms with Crippen LogP contribution in [0.15, 0.2) is 24.3 Å². The van der Waals surface area contributed by atoms with Crippen LogP contribution in [-0.4, -0.2) is 21.9 Å². The fourth-order valence-corrected chi connectivity index (χ4v) is 2.05. The molecule has 0 atom stereocenters. The summed E-state index contributed by atoms with van der Waals surface area (Å²) in [5.41, 5.74) is 1.13. The molecule has 0 aliphatic carbocycles. The topological polar surface area (TPSA) is 96.0 Å². The average Bonchev–Trinajstić information content (AvgIpc) is 2.45. The largest absolute Gasteiger partial charge is 0.333 e. The summed E-state index contributed by atoms with van der Waals surface area (Å²) in [6.45, 7) is 1.50. The molecule has 0 aliphatic heterocycles. The molecule has 0 radical (unpaired) electrons. The molecule has 0 saturated carbocycles. The maximum absolute atomic E-state index is 11.2. The van der Waals surface area contributed by atoms with E-state index in [1.165, 1.54) is 11.8 Å². The first-order valence-corrected chi connectivity index (χ1v) is 6.24. The summed E-state index contributed by atoms with van der Waals surface area (Å²) in [4.78, 5) is 19.9. The van der Waals surface area contributed by atoms with Gasteiger partial charge in [-0.05, 0) is 42.8 Å². The first kappa shape index (κ1) is 14.7. The number of hydrogen-bond donors (Lipinski definition) is 0. The lowest BCUT2D eigenvalue weighted by Crippen LogP contribution is -2.15. The van der Waals surface area contributed by atoms with Crippen LogP contribution in [0.3, 0.4) is 0 Å². The molecule has 0 aliphatic rings. The van der Waals surface area contributed by atoms with Gasteiger partial charge < -0.3 is 4.90 Å². The molecule has 0 bridgehead atoms. The zero-order valence-corrected chi connectivity index (χ0v) is 12.0. The molecule has 8 heteroatoms. The SMILES string of the molecule is Cc1nc(Cl)nc(N(C)c2ccc(C#N)cc2)c1[N+](=O)[O-]. The van der Waals surface area contributed by atoms with Crippen molar-refractivity contribution in [1.82, 2.24) is 9.97 Å². The third-order valence-electron chi connectivity index (χ3n) is 2.90. The van der Waals surface area contributed by atoms with Crippen LogP contribution in [0.4, 0.5) is 17.2 Å². The number of aryl methyl sites for hydroxylation is 1. The predicted octanol–water partition coefficient (Wildman–Crippen LogP) is 2.99. The van der Waals surface area contributed by atoms with E-state index in [0.717, 1.165) is 0 Å². The highest BCUT2D eigenvalue weighted by Crippen LogP contribution is 2.33. The number of hydrogen-bond acceptors (Lipinski definition) is 6. The molecule has 2 aromatic rings. The van der Waals surface area contributed by atoms with Crippen LogP contribution < -0.4 is 4.90 Å². The maximum atomic E-state index is 11.2. The normalized spacial score (nSPS) is 10.0. The Kier molecular flexibility index (Phi) is 4.00. The second-order valence-electron chi connectivity index (χ2n) is 4.23. The molecule has 106 valence electrons. The molecule has 0 N–H and O–H groups in total. The number of rotatable bonds is 3. The molecule has 0 unspecified atom stereocenters. The van der Waals surface area contributed by atoms with Gasteiger partial charge in [0.05, 0.1) is 16.6 Å². The third-order valence-corrected chi connectivity index (χ3v) is 3.07. The van der Waals surface area contributed by atoms with Crippen molar-refractivity contribution >= 4 is 28.8 Å². The summed E-state index contributed by atoms with van der Waals surface area (Å²) >= 11 is 5.79. The Labute approximate surface area is 125 Å². The van der Waals surface area contributed by atoms with Gasteiger partial charge in [0, 0.05) is 12.7 Å². The summed E-state index contributed by atoms with van der Waals surface area (Å²) in [5, 5.41) is 19.9. The average molecular weight is 304 g/mol. The van der Waals surface area contributed by atoms with Crippen molar-refractivity contribution in [3.63, 3.8) is 0 Å². The molecule has 7 nitrogen and oxygen atoms in total. The Hall–Kier alpha value is -2.72. The van der Waals surface area contributed by atoms with E-state index in [2.05, 4.69) is 9.97 Å². The van der Waals surface area contributed by atoms with Crippen LogP contribution in [0.5, 0.6) is 0 Å². The standard InChI is InChI=1S/C13H10ClN5O2/c1-8-11(19(20)21)12(17-13(14)16-8)18(2)10-5-3-9(7-15)4-6-10/h3-6H,1-2H3. The number of nitriles is 1. The minimum absolute atomic E-state index is 0.0615. The number of anilines is 2. The molecule has 1 aromatic heterocycles. The van der Waals surface area contributed by atoms with Gasteiger partial charge in [-0.1, -0.05) is 0 Å². The summed E-state index contributed by atoms with van der Waals surface area (Å²) < 4.78 is 0. The molecular weight excluding hydrogens is 294 g/mol. The van der Waals surface area contributed by atoms with Crippen LogP contribution in [0.2, 0.25) is 5.28 Å². The highest BCUT2D eigenvalue weighted by Gasteiger charge is 2.25. The van der Waals surface area contributed by atoms with E-state index in [1.807, 2.05) is 6.07 Å². The van der Waals surface area contributed by atoms with Crippen molar-refractivity contribution in [2.75, 3.05) is 11.9 Å². The van der Waals surface area contributed by atoms with E-state index in [0.29, 0.717) is 11.3 Å². The Balaban J connectivity index is 2.54. The predicted molar refractivity (Wildman–Crippen MR) is 77.7 cm³/mol. The molecule has 2 rings (SSSR count). The molecule has 1 aromatic carbocycles. The minimum Gasteiger partial charge on any atom is -0.324 e. The van der Waals surface area contributed by atoms with Crippen molar-refractivity contribution in [2.45, 2.75) is 6.92 Å².